The van der Waals surface area contributed by atoms with Crippen LogP contribution in [0.15, 0.2) is 36.4 Å². The molecular formula is C20H21FIN3O3. The first-order valence-corrected chi connectivity index (χ1v) is 9.89. The fraction of sp³-hybridized carbons (Fsp3) is 0.300. The summed E-state index contributed by atoms with van der Waals surface area (Å²) in [5, 5.41) is 2.72. The first-order valence-electron chi connectivity index (χ1n) is 8.81. The molecule has 28 heavy (non-hydrogen) atoms. The minimum Gasteiger partial charge on any atom is -0.495 e. The number of ether oxygens (including phenoxy) is 1. The number of halogens is 2. The van der Waals surface area contributed by atoms with E-state index in [-0.39, 0.29) is 11.5 Å². The minimum absolute atomic E-state index is 0.0911. The van der Waals surface area contributed by atoms with Crippen LogP contribution in [-0.2, 0) is 0 Å². The Morgan fingerprint density at radius 2 is 1.75 bits per heavy atom. The van der Waals surface area contributed by atoms with Crippen LogP contribution in [0, 0.1) is 9.39 Å². The van der Waals surface area contributed by atoms with Crippen molar-refractivity contribution in [3.05, 3.63) is 56.9 Å². The second-order valence-electron chi connectivity index (χ2n) is 6.59. The number of anilines is 1. The molecule has 1 saturated heterocycles. The largest absolute Gasteiger partial charge is 0.495 e. The predicted octanol–water partition coefficient (Wildman–Crippen LogP) is 3.08. The molecule has 2 aromatic carbocycles. The third-order valence-electron chi connectivity index (χ3n) is 4.67. The Hall–Kier alpha value is -2.20. The van der Waals surface area contributed by atoms with Crippen LogP contribution >= 0.6 is 22.6 Å². The number of nitrogens with zero attached hydrogens (tertiary/aromatic N) is 2. The maximum absolute atomic E-state index is 13.8. The average Bonchev–Trinajstić information content (AvgIpc) is 2.70. The summed E-state index contributed by atoms with van der Waals surface area (Å²) in [5.41, 5.74) is 1.02. The monoisotopic (exact) mass is 497 g/mol. The molecule has 1 fully saturated rings. The van der Waals surface area contributed by atoms with Gasteiger partial charge in [-0.25, -0.2) is 4.39 Å². The number of nitrogens with one attached hydrogen (secondary N) is 1. The first kappa shape index (κ1) is 20.5. The number of likely N-dealkylation sites (N-methyl/N-ethyl adjacent to an activating group) is 1. The van der Waals surface area contributed by atoms with Crippen LogP contribution in [0.3, 0.4) is 0 Å². The van der Waals surface area contributed by atoms with Crippen LogP contribution < -0.4 is 10.1 Å². The lowest BCUT2D eigenvalue weighted by molar-refractivity contribution is 0.0664. The molecule has 0 bridgehead atoms. The summed E-state index contributed by atoms with van der Waals surface area (Å²) < 4.78 is 19.5. The van der Waals surface area contributed by atoms with E-state index in [1.54, 1.807) is 29.2 Å². The van der Waals surface area contributed by atoms with Crippen molar-refractivity contribution in [2.24, 2.45) is 0 Å². The number of hydrogen-bond donors (Lipinski definition) is 1. The summed E-state index contributed by atoms with van der Waals surface area (Å²) in [6, 6.07) is 9.19. The Balaban J connectivity index is 1.81. The summed E-state index contributed by atoms with van der Waals surface area (Å²) in [4.78, 5) is 29.3. The highest BCUT2D eigenvalue weighted by Crippen LogP contribution is 2.27. The van der Waals surface area contributed by atoms with Gasteiger partial charge in [-0.15, -0.1) is 0 Å². The van der Waals surface area contributed by atoms with E-state index < -0.39 is 11.7 Å². The molecule has 0 radical (unpaired) electrons. The molecule has 3 rings (SSSR count). The van der Waals surface area contributed by atoms with Gasteiger partial charge in [-0.05, 0) is 66.0 Å². The molecule has 0 atom stereocenters. The molecule has 2 aromatic rings. The normalized spacial score (nSPS) is 14.6. The molecule has 0 spiro atoms. The highest BCUT2D eigenvalue weighted by atomic mass is 127. The van der Waals surface area contributed by atoms with Gasteiger partial charge in [-0.2, -0.15) is 0 Å². The lowest BCUT2D eigenvalue weighted by atomic mass is 10.1. The Bertz CT molecular complexity index is 898. The van der Waals surface area contributed by atoms with Crippen molar-refractivity contribution in [2.45, 2.75) is 0 Å². The molecule has 148 valence electrons. The lowest BCUT2D eigenvalue weighted by Crippen LogP contribution is -2.47. The van der Waals surface area contributed by atoms with Crippen molar-refractivity contribution in [3.63, 3.8) is 0 Å². The van der Waals surface area contributed by atoms with Crippen LogP contribution in [0.25, 0.3) is 0 Å². The van der Waals surface area contributed by atoms with E-state index in [0.29, 0.717) is 33.7 Å². The number of carbonyl (C=O) groups is 2. The van der Waals surface area contributed by atoms with E-state index in [0.717, 1.165) is 13.1 Å². The molecule has 1 aliphatic heterocycles. The number of rotatable bonds is 4. The number of hydrogen-bond acceptors (Lipinski definition) is 4. The summed E-state index contributed by atoms with van der Waals surface area (Å²) in [6.45, 7) is 2.96. The predicted molar refractivity (Wildman–Crippen MR) is 113 cm³/mol. The maximum Gasteiger partial charge on any atom is 0.255 e. The number of amides is 2. The average molecular weight is 497 g/mol. The van der Waals surface area contributed by atoms with Gasteiger partial charge in [0.25, 0.3) is 11.8 Å². The van der Waals surface area contributed by atoms with Gasteiger partial charge < -0.3 is 19.9 Å². The fourth-order valence-electron chi connectivity index (χ4n) is 2.96. The summed E-state index contributed by atoms with van der Waals surface area (Å²) >= 11 is 1.86. The van der Waals surface area contributed by atoms with Gasteiger partial charge in [0.2, 0.25) is 0 Å². The lowest BCUT2D eigenvalue weighted by Gasteiger charge is -2.32. The second kappa shape index (κ2) is 8.87. The van der Waals surface area contributed by atoms with Crippen LogP contribution in [0.4, 0.5) is 10.1 Å². The minimum atomic E-state index is -0.474. The Morgan fingerprint density at radius 3 is 2.39 bits per heavy atom. The Morgan fingerprint density at radius 1 is 1.07 bits per heavy atom. The fourth-order valence-corrected chi connectivity index (χ4v) is 3.30. The van der Waals surface area contributed by atoms with Gasteiger partial charge in [0.05, 0.1) is 12.8 Å². The van der Waals surface area contributed by atoms with E-state index in [1.807, 2.05) is 29.6 Å². The van der Waals surface area contributed by atoms with Crippen LogP contribution in [0.5, 0.6) is 5.75 Å². The highest BCUT2D eigenvalue weighted by Gasteiger charge is 2.22. The smallest absolute Gasteiger partial charge is 0.255 e. The summed E-state index contributed by atoms with van der Waals surface area (Å²) in [6.07, 6.45) is 0. The number of methoxy groups -OCH3 is 1. The van der Waals surface area contributed by atoms with Crippen molar-refractivity contribution in [1.82, 2.24) is 9.80 Å². The van der Waals surface area contributed by atoms with Gasteiger partial charge >= 0.3 is 0 Å². The van der Waals surface area contributed by atoms with Gasteiger partial charge in [0, 0.05) is 40.9 Å². The second-order valence-corrected chi connectivity index (χ2v) is 7.76. The van der Waals surface area contributed by atoms with Crippen LogP contribution in [-0.4, -0.2) is 62.0 Å². The molecule has 0 aromatic heterocycles. The molecular weight excluding hydrogens is 476 g/mol. The van der Waals surface area contributed by atoms with Crippen molar-refractivity contribution < 1.29 is 18.7 Å². The Kier molecular flexibility index (Phi) is 6.50. The van der Waals surface area contributed by atoms with Crippen LogP contribution in [0.1, 0.15) is 20.7 Å². The van der Waals surface area contributed by atoms with E-state index in [1.165, 1.54) is 19.2 Å². The summed E-state index contributed by atoms with van der Waals surface area (Å²) in [5.74, 6) is -0.599. The molecule has 1 aliphatic rings. The van der Waals surface area contributed by atoms with Crippen LogP contribution in [0.2, 0.25) is 0 Å². The molecule has 1 N–H and O–H groups in total. The van der Waals surface area contributed by atoms with Gasteiger partial charge in [0.1, 0.15) is 11.6 Å². The Labute approximate surface area is 176 Å². The van der Waals surface area contributed by atoms with Crippen molar-refractivity contribution in [2.75, 3.05) is 45.7 Å². The zero-order chi connectivity index (χ0) is 20.3. The maximum atomic E-state index is 13.8. The standard InChI is InChI=1S/C20H21FIN3O3/c1-24-7-9-25(10-8-24)20(27)14-4-6-18(28-2)17(12-14)23-19(26)13-3-5-16(22)15(21)11-13/h3-6,11-12H,7-10H2,1-2H3,(H,23,26). The number of benzene rings is 2. The molecule has 0 saturated carbocycles. The van der Waals surface area contributed by atoms with E-state index >= 15 is 0 Å². The van der Waals surface area contributed by atoms with E-state index in [9.17, 15) is 14.0 Å². The number of carbonyl (C=O) groups excluding carboxylic acids is 2. The van der Waals surface area contributed by atoms with Crippen molar-refractivity contribution in [3.8, 4) is 5.75 Å². The van der Waals surface area contributed by atoms with Gasteiger partial charge in [-0.3, -0.25) is 9.59 Å². The third kappa shape index (κ3) is 4.61. The van der Waals surface area contributed by atoms with Gasteiger partial charge in [0.15, 0.2) is 0 Å². The zero-order valence-corrected chi connectivity index (χ0v) is 17.8. The SMILES string of the molecule is COc1ccc(C(=O)N2CCN(C)CC2)cc1NC(=O)c1ccc(I)c(F)c1. The quantitative estimate of drug-likeness (QED) is 0.660. The third-order valence-corrected chi connectivity index (χ3v) is 5.54. The van der Waals surface area contributed by atoms with E-state index in [4.69, 9.17) is 4.74 Å². The number of piperazine rings is 1. The zero-order valence-electron chi connectivity index (χ0n) is 15.7. The van der Waals surface area contributed by atoms with Crippen molar-refractivity contribution >= 4 is 40.1 Å². The molecule has 6 nitrogen and oxygen atoms in total. The molecule has 2 amide bonds. The molecule has 8 heteroatoms. The molecule has 0 unspecified atom stereocenters. The van der Waals surface area contributed by atoms with E-state index in [2.05, 4.69) is 10.2 Å². The first-order chi connectivity index (χ1) is 13.4. The summed E-state index contributed by atoms with van der Waals surface area (Å²) in [7, 11) is 3.51. The topological polar surface area (TPSA) is 61.9 Å². The van der Waals surface area contributed by atoms with Crippen molar-refractivity contribution in [1.29, 1.82) is 0 Å². The molecule has 1 heterocycles. The van der Waals surface area contributed by atoms with Gasteiger partial charge in [-0.1, -0.05) is 0 Å². The highest BCUT2D eigenvalue weighted by molar-refractivity contribution is 14.1. The molecule has 0 aliphatic carbocycles.